The number of amides is 1. The number of carbonyl (C=O) groups excluding carboxylic acids is 1. The molecule has 3 aromatic rings. The molecule has 0 aliphatic carbocycles. The predicted molar refractivity (Wildman–Crippen MR) is 160 cm³/mol. The fourth-order valence-electron chi connectivity index (χ4n) is 4.43. The lowest BCUT2D eigenvalue weighted by molar-refractivity contribution is -0.886. The topological polar surface area (TPSA) is 47.6 Å². The molecule has 3 rings (SSSR count). The number of rotatable bonds is 17. The molecule has 0 aromatic heterocycles. The first-order valence-corrected chi connectivity index (χ1v) is 14.4. The van der Waals surface area contributed by atoms with E-state index in [2.05, 4.69) is 38.6 Å². The maximum atomic E-state index is 12.9. The highest BCUT2D eigenvalue weighted by molar-refractivity contribution is 6.32. The van der Waals surface area contributed by atoms with Gasteiger partial charge in [0, 0.05) is 19.0 Å². The zero-order valence-corrected chi connectivity index (χ0v) is 24.5. The molecule has 0 saturated heterocycles. The molecule has 1 N–H and O–H groups in total. The van der Waals surface area contributed by atoms with Crippen molar-refractivity contribution in [3.05, 3.63) is 95.0 Å². The van der Waals surface area contributed by atoms with E-state index in [1.807, 2.05) is 66.7 Å². The Kier molecular flexibility index (Phi) is 12.7. The Bertz CT molecular complexity index is 1120. The van der Waals surface area contributed by atoms with Crippen molar-refractivity contribution in [2.24, 2.45) is 0 Å². The summed E-state index contributed by atoms with van der Waals surface area (Å²) in [6.45, 7) is 1.89. The lowest BCUT2D eigenvalue weighted by atomic mass is 10.0. The summed E-state index contributed by atoms with van der Waals surface area (Å²) in [7, 11) is 6.26. The molecule has 6 heteroatoms. The minimum absolute atomic E-state index is 0.0969. The molecule has 0 fully saturated rings. The molecular weight excluding hydrogens is 508 g/mol. The Hall–Kier alpha value is -3.02. The van der Waals surface area contributed by atoms with Gasteiger partial charge in [0.2, 0.25) is 0 Å². The van der Waals surface area contributed by atoms with Gasteiger partial charge < -0.3 is 19.3 Å². The Morgan fingerprint density at radius 2 is 1.41 bits per heavy atom. The van der Waals surface area contributed by atoms with Crippen molar-refractivity contribution >= 4 is 17.5 Å². The van der Waals surface area contributed by atoms with E-state index in [1.165, 1.54) is 12.0 Å². The highest BCUT2D eigenvalue weighted by atomic mass is 35.5. The first kappa shape index (κ1) is 30.5. The van der Waals surface area contributed by atoms with E-state index in [4.69, 9.17) is 21.1 Å². The van der Waals surface area contributed by atoms with E-state index in [0.717, 1.165) is 56.4 Å². The van der Waals surface area contributed by atoms with Gasteiger partial charge in [-0.25, -0.2) is 0 Å². The molecule has 0 saturated carbocycles. The van der Waals surface area contributed by atoms with Crippen molar-refractivity contribution in [1.82, 2.24) is 5.32 Å². The molecule has 0 radical (unpaired) electrons. The fourth-order valence-corrected chi connectivity index (χ4v) is 4.66. The maximum absolute atomic E-state index is 12.9. The second-order valence-electron chi connectivity index (χ2n) is 10.9. The lowest BCUT2D eigenvalue weighted by Gasteiger charge is -2.33. The van der Waals surface area contributed by atoms with Gasteiger partial charge in [0.05, 0.1) is 32.8 Å². The third-order valence-electron chi connectivity index (χ3n) is 6.79. The van der Waals surface area contributed by atoms with Crippen LogP contribution < -0.4 is 14.8 Å². The average Bonchev–Trinajstić information content (AvgIpc) is 2.92. The van der Waals surface area contributed by atoms with Crippen LogP contribution in [0.1, 0.15) is 49.7 Å². The zero-order chi connectivity index (χ0) is 27.9. The van der Waals surface area contributed by atoms with Crippen LogP contribution in [0, 0.1) is 0 Å². The van der Waals surface area contributed by atoms with Gasteiger partial charge in [0.25, 0.3) is 5.91 Å². The van der Waals surface area contributed by atoms with Crippen LogP contribution in [0.5, 0.6) is 11.5 Å². The quantitative estimate of drug-likeness (QED) is 0.144. The molecule has 3 aromatic carbocycles. The van der Waals surface area contributed by atoms with Crippen molar-refractivity contribution in [1.29, 1.82) is 0 Å². The Labute approximate surface area is 239 Å². The van der Waals surface area contributed by atoms with Gasteiger partial charge in [-0.3, -0.25) is 4.79 Å². The van der Waals surface area contributed by atoms with Crippen LogP contribution in [0.15, 0.2) is 78.9 Å². The third-order valence-corrected chi connectivity index (χ3v) is 7.08. The Morgan fingerprint density at radius 1 is 0.795 bits per heavy atom. The number of unbranched alkanes of at least 4 members (excludes halogenated alkanes) is 5. The van der Waals surface area contributed by atoms with Crippen molar-refractivity contribution in [2.75, 3.05) is 34.3 Å². The molecule has 0 aliphatic rings. The summed E-state index contributed by atoms with van der Waals surface area (Å²) in [6.07, 6.45) is 7.34. The SMILES string of the molecule is C[N+](C)(C)[C@@H](Cc1ccccc1)C(=O)NCCCCCCCCOc1ccc(OCc2ccccc2)c(Cl)c1. The van der Waals surface area contributed by atoms with E-state index < -0.39 is 0 Å². The zero-order valence-electron chi connectivity index (χ0n) is 23.7. The lowest BCUT2D eigenvalue weighted by Crippen LogP contribution is -2.55. The molecule has 1 amide bonds. The summed E-state index contributed by atoms with van der Waals surface area (Å²) < 4.78 is 12.3. The molecule has 0 aliphatic heterocycles. The number of nitrogens with one attached hydrogen (secondary N) is 1. The summed E-state index contributed by atoms with van der Waals surface area (Å²) in [5, 5.41) is 3.73. The number of likely N-dealkylation sites (N-methyl/N-ethyl adjacent to an activating group) is 1. The van der Waals surface area contributed by atoms with Gasteiger partial charge >= 0.3 is 0 Å². The highest BCUT2D eigenvalue weighted by Gasteiger charge is 2.31. The van der Waals surface area contributed by atoms with Crippen molar-refractivity contribution in [3.8, 4) is 11.5 Å². The van der Waals surface area contributed by atoms with E-state index in [-0.39, 0.29) is 11.9 Å². The average molecular weight is 552 g/mol. The van der Waals surface area contributed by atoms with Crippen LogP contribution in [0.3, 0.4) is 0 Å². The smallest absolute Gasteiger partial charge is 0.278 e. The molecule has 0 bridgehead atoms. The van der Waals surface area contributed by atoms with Gasteiger partial charge in [0.1, 0.15) is 18.1 Å². The molecule has 0 unspecified atom stereocenters. The van der Waals surface area contributed by atoms with Crippen LogP contribution in [0.25, 0.3) is 0 Å². The summed E-state index contributed by atoms with van der Waals surface area (Å²) in [4.78, 5) is 12.9. The number of hydrogen-bond acceptors (Lipinski definition) is 3. The van der Waals surface area contributed by atoms with Crippen molar-refractivity contribution in [3.63, 3.8) is 0 Å². The van der Waals surface area contributed by atoms with E-state index in [9.17, 15) is 4.79 Å². The Morgan fingerprint density at radius 3 is 2.05 bits per heavy atom. The summed E-state index contributed by atoms with van der Waals surface area (Å²) in [5.41, 5.74) is 2.30. The van der Waals surface area contributed by atoms with Crippen LogP contribution in [0.2, 0.25) is 5.02 Å². The first-order valence-electron chi connectivity index (χ1n) is 14.0. The minimum Gasteiger partial charge on any atom is -0.494 e. The third kappa shape index (κ3) is 11.3. The van der Waals surface area contributed by atoms with E-state index >= 15 is 0 Å². The molecular formula is C33H44ClN2O3+. The maximum Gasteiger partial charge on any atom is 0.278 e. The van der Waals surface area contributed by atoms with Gasteiger partial charge in [-0.2, -0.15) is 0 Å². The van der Waals surface area contributed by atoms with E-state index in [0.29, 0.717) is 28.5 Å². The number of nitrogens with zero attached hydrogens (tertiary/aromatic N) is 1. The molecule has 210 valence electrons. The highest BCUT2D eigenvalue weighted by Crippen LogP contribution is 2.29. The summed E-state index contributed by atoms with van der Waals surface area (Å²) in [6, 6.07) is 25.8. The van der Waals surface area contributed by atoms with Gasteiger partial charge in [0.15, 0.2) is 6.04 Å². The van der Waals surface area contributed by atoms with Gasteiger partial charge in [-0.15, -0.1) is 0 Å². The molecule has 39 heavy (non-hydrogen) atoms. The molecule has 0 heterocycles. The molecule has 0 spiro atoms. The fraction of sp³-hybridized carbons (Fsp3) is 0.424. The van der Waals surface area contributed by atoms with Crippen LogP contribution in [-0.4, -0.2) is 50.7 Å². The number of carbonyl (C=O) groups is 1. The molecule has 1 atom stereocenters. The summed E-state index contributed by atoms with van der Waals surface area (Å²) >= 11 is 6.38. The largest absolute Gasteiger partial charge is 0.494 e. The number of halogens is 1. The Balaban J connectivity index is 1.23. The first-order chi connectivity index (χ1) is 18.8. The number of quaternary nitrogens is 1. The number of benzene rings is 3. The number of ether oxygens (including phenoxy) is 2. The van der Waals surface area contributed by atoms with Crippen LogP contribution >= 0.6 is 11.6 Å². The summed E-state index contributed by atoms with van der Waals surface area (Å²) in [5.74, 6) is 1.56. The standard InChI is InChI=1S/C33H43ClN2O3/c1-36(2,3)31(24-27-16-10-8-11-17-27)33(37)35-22-14-6-4-5-7-15-23-38-29-20-21-32(30(34)25-29)39-26-28-18-12-9-13-19-28/h8-13,16-21,25,31H,4-7,14-15,22-24,26H2,1-3H3/p+1/t31-/m0/s1. The minimum atomic E-state index is -0.0969. The van der Waals surface area contributed by atoms with Gasteiger partial charge in [-0.05, 0) is 36.1 Å². The number of hydrogen-bond donors (Lipinski definition) is 1. The second-order valence-corrected chi connectivity index (χ2v) is 11.4. The predicted octanol–water partition coefficient (Wildman–Crippen LogP) is 7.07. The monoisotopic (exact) mass is 551 g/mol. The van der Waals surface area contributed by atoms with Crippen LogP contribution in [0.4, 0.5) is 0 Å². The second kappa shape index (κ2) is 16.2. The van der Waals surface area contributed by atoms with Crippen molar-refractivity contribution < 1.29 is 18.8 Å². The van der Waals surface area contributed by atoms with Gasteiger partial charge in [-0.1, -0.05) is 97.9 Å². The normalized spacial score (nSPS) is 12.1. The van der Waals surface area contributed by atoms with Crippen LogP contribution in [-0.2, 0) is 17.8 Å². The molecule has 5 nitrogen and oxygen atoms in total. The van der Waals surface area contributed by atoms with E-state index in [1.54, 1.807) is 0 Å². The van der Waals surface area contributed by atoms with Crippen molar-refractivity contribution in [2.45, 2.75) is 57.6 Å².